The van der Waals surface area contributed by atoms with Gasteiger partial charge in [-0.25, -0.2) is 4.39 Å². The minimum Gasteiger partial charge on any atom is -0.394 e. The molecular formula is C13H17FN2O2. The zero-order chi connectivity index (χ0) is 12.6. The average molecular weight is 252 g/mol. The van der Waals surface area contributed by atoms with Gasteiger partial charge in [0.15, 0.2) is 0 Å². The quantitative estimate of drug-likeness (QED) is 0.452. The predicted molar refractivity (Wildman–Crippen MR) is 67.2 cm³/mol. The molecule has 0 unspecified atom stereocenters. The van der Waals surface area contributed by atoms with E-state index in [1.807, 2.05) is 0 Å². The molecule has 1 aromatic rings. The van der Waals surface area contributed by atoms with Crippen LogP contribution in [0.15, 0.2) is 29.4 Å². The predicted octanol–water partition coefficient (Wildman–Crippen LogP) is 1.51. The Morgan fingerprint density at radius 1 is 1.28 bits per heavy atom. The van der Waals surface area contributed by atoms with Crippen molar-refractivity contribution in [2.24, 2.45) is 5.16 Å². The number of nitrogens with zero attached hydrogens (tertiary/aromatic N) is 2. The van der Waals surface area contributed by atoms with Crippen LogP contribution in [0.5, 0.6) is 0 Å². The summed E-state index contributed by atoms with van der Waals surface area (Å²) >= 11 is 0. The third-order valence-corrected chi connectivity index (χ3v) is 2.75. The van der Waals surface area contributed by atoms with Gasteiger partial charge in [0, 0.05) is 19.6 Å². The number of hydrogen-bond donors (Lipinski definition) is 0. The average Bonchev–Trinajstić information content (AvgIpc) is 2.42. The van der Waals surface area contributed by atoms with Gasteiger partial charge in [-0.1, -0.05) is 17.3 Å². The van der Waals surface area contributed by atoms with Crippen LogP contribution >= 0.6 is 0 Å². The first-order chi connectivity index (χ1) is 8.84. The van der Waals surface area contributed by atoms with Gasteiger partial charge in [-0.15, -0.1) is 0 Å². The fraction of sp³-hybridized carbons (Fsp3) is 0.462. The van der Waals surface area contributed by atoms with Gasteiger partial charge in [0.1, 0.15) is 12.4 Å². The third kappa shape index (κ3) is 4.43. The van der Waals surface area contributed by atoms with Crippen LogP contribution in [0.4, 0.5) is 4.39 Å². The number of hydrogen-bond acceptors (Lipinski definition) is 4. The van der Waals surface area contributed by atoms with Crippen molar-refractivity contribution in [3.8, 4) is 0 Å². The molecule has 0 N–H and O–H groups in total. The molecular weight excluding hydrogens is 235 g/mol. The minimum absolute atomic E-state index is 0.250. The molecule has 1 aliphatic rings. The summed E-state index contributed by atoms with van der Waals surface area (Å²) < 4.78 is 17.9. The van der Waals surface area contributed by atoms with Crippen LogP contribution in [0, 0.1) is 5.82 Å². The molecule has 0 aliphatic carbocycles. The van der Waals surface area contributed by atoms with Gasteiger partial charge in [0.2, 0.25) is 0 Å². The maximum Gasteiger partial charge on any atom is 0.129 e. The Morgan fingerprint density at radius 2 is 2.00 bits per heavy atom. The SMILES string of the molecule is Fc1ccc(/C=N/OCCN2CCOCC2)cc1. The van der Waals surface area contributed by atoms with Gasteiger partial charge in [0.25, 0.3) is 0 Å². The molecule has 0 atom stereocenters. The van der Waals surface area contributed by atoms with Crippen molar-refractivity contribution in [3.05, 3.63) is 35.6 Å². The van der Waals surface area contributed by atoms with Crippen LogP contribution in [0.3, 0.4) is 0 Å². The molecule has 0 radical (unpaired) electrons. The number of morpholine rings is 1. The second-order valence-electron chi connectivity index (χ2n) is 4.07. The molecule has 1 saturated heterocycles. The number of benzene rings is 1. The Balaban J connectivity index is 1.63. The normalized spacial score (nSPS) is 17.2. The summed E-state index contributed by atoms with van der Waals surface area (Å²) in [5, 5.41) is 3.85. The van der Waals surface area contributed by atoms with Gasteiger partial charge in [-0.05, 0) is 17.7 Å². The van der Waals surface area contributed by atoms with Gasteiger partial charge in [0.05, 0.1) is 19.4 Å². The van der Waals surface area contributed by atoms with E-state index in [4.69, 9.17) is 9.57 Å². The number of halogens is 1. The summed E-state index contributed by atoms with van der Waals surface area (Å²) in [6.07, 6.45) is 1.58. The molecule has 1 aliphatic heterocycles. The maximum absolute atomic E-state index is 12.6. The molecule has 4 nitrogen and oxygen atoms in total. The van der Waals surface area contributed by atoms with Crippen molar-refractivity contribution in [2.45, 2.75) is 0 Å². The van der Waals surface area contributed by atoms with Crippen LogP contribution in [-0.4, -0.2) is 50.6 Å². The van der Waals surface area contributed by atoms with E-state index in [1.54, 1.807) is 18.3 Å². The maximum atomic E-state index is 12.6. The fourth-order valence-electron chi connectivity index (χ4n) is 1.69. The minimum atomic E-state index is -0.250. The summed E-state index contributed by atoms with van der Waals surface area (Å²) in [6, 6.07) is 6.11. The Bertz CT molecular complexity index is 375. The molecule has 0 bridgehead atoms. The summed E-state index contributed by atoms with van der Waals surface area (Å²) in [4.78, 5) is 7.44. The van der Waals surface area contributed by atoms with E-state index >= 15 is 0 Å². The van der Waals surface area contributed by atoms with E-state index in [0.717, 1.165) is 38.4 Å². The van der Waals surface area contributed by atoms with Crippen molar-refractivity contribution in [3.63, 3.8) is 0 Å². The van der Waals surface area contributed by atoms with E-state index in [1.165, 1.54) is 12.1 Å². The monoisotopic (exact) mass is 252 g/mol. The number of rotatable bonds is 5. The van der Waals surface area contributed by atoms with Gasteiger partial charge in [-0.3, -0.25) is 4.90 Å². The molecule has 1 heterocycles. The zero-order valence-electron chi connectivity index (χ0n) is 10.2. The Kier molecular flexibility index (Phi) is 5.11. The summed E-state index contributed by atoms with van der Waals surface area (Å²) in [7, 11) is 0. The van der Waals surface area contributed by atoms with Crippen LogP contribution < -0.4 is 0 Å². The molecule has 0 saturated carbocycles. The second kappa shape index (κ2) is 7.08. The molecule has 98 valence electrons. The van der Waals surface area contributed by atoms with Crippen LogP contribution in [0.25, 0.3) is 0 Å². The molecule has 0 amide bonds. The molecule has 18 heavy (non-hydrogen) atoms. The van der Waals surface area contributed by atoms with E-state index in [-0.39, 0.29) is 5.82 Å². The fourth-order valence-corrected chi connectivity index (χ4v) is 1.69. The van der Waals surface area contributed by atoms with Crippen molar-refractivity contribution < 1.29 is 14.0 Å². The first-order valence-electron chi connectivity index (χ1n) is 6.05. The lowest BCUT2D eigenvalue weighted by atomic mass is 10.2. The number of oxime groups is 1. The molecule has 0 aromatic heterocycles. The van der Waals surface area contributed by atoms with Crippen molar-refractivity contribution in [1.82, 2.24) is 4.90 Å². The van der Waals surface area contributed by atoms with Crippen molar-refractivity contribution in [1.29, 1.82) is 0 Å². The Hall–Kier alpha value is -1.46. The van der Waals surface area contributed by atoms with Gasteiger partial charge < -0.3 is 9.57 Å². The highest BCUT2D eigenvalue weighted by atomic mass is 19.1. The standard InChI is InChI=1S/C13H17FN2O2/c14-13-3-1-12(2-4-13)11-15-18-10-7-16-5-8-17-9-6-16/h1-4,11H,5-10H2/b15-11+. The van der Waals surface area contributed by atoms with E-state index in [0.29, 0.717) is 6.61 Å². The highest BCUT2D eigenvalue weighted by molar-refractivity contribution is 5.78. The lowest BCUT2D eigenvalue weighted by Gasteiger charge is -2.25. The third-order valence-electron chi connectivity index (χ3n) is 2.75. The summed E-state index contributed by atoms with van der Waals surface area (Å²) in [5.41, 5.74) is 0.822. The Labute approximate surface area is 106 Å². The highest BCUT2D eigenvalue weighted by Crippen LogP contribution is 2.00. The first-order valence-corrected chi connectivity index (χ1v) is 6.05. The zero-order valence-corrected chi connectivity index (χ0v) is 10.2. The van der Waals surface area contributed by atoms with Crippen molar-refractivity contribution >= 4 is 6.21 Å². The highest BCUT2D eigenvalue weighted by Gasteiger charge is 2.09. The van der Waals surface area contributed by atoms with Gasteiger partial charge >= 0.3 is 0 Å². The van der Waals surface area contributed by atoms with E-state index < -0.39 is 0 Å². The lowest BCUT2D eigenvalue weighted by Crippen LogP contribution is -2.38. The van der Waals surface area contributed by atoms with E-state index in [2.05, 4.69) is 10.1 Å². The Morgan fingerprint density at radius 3 is 2.72 bits per heavy atom. The van der Waals surface area contributed by atoms with E-state index in [9.17, 15) is 4.39 Å². The largest absolute Gasteiger partial charge is 0.394 e. The topological polar surface area (TPSA) is 34.1 Å². The number of ether oxygens (including phenoxy) is 1. The molecule has 2 rings (SSSR count). The second-order valence-corrected chi connectivity index (χ2v) is 4.07. The lowest BCUT2D eigenvalue weighted by molar-refractivity contribution is 0.0214. The van der Waals surface area contributed by atoms with Crippen LogP contribution in [0.1, 0.15) is 5.56 Å². The summed E-state index contributed by atoms with van der Waals surface area (Å²) in [6.45, 7) is 4.88. The molecule has 1 aromatic carbocycles. The summed E-state index contributed by atoms with van der Waals surface area (Å²) in [5.74, 6) is -0.250. The molecule has 1 fully saturated rings. The van der Waals surface area contributed by atoms with Crippen LogP contribution in [0.2, 0.25) is 0 Å². The van der Waals surface area contributed by atoms with Crippen molar-refractivity contribution in [2.75, 3.05) is 39.5 Å². The van der Waals surface area contributed by atoms with Crippen LogP contribution in [-0.2, 0) is 9.57 Å². The molecule has 5 heteroatoms. The first kappa shape index (κ1) is 13.0. The smallest absolute Gasteiger partial charge is 0.129 e. The molecule has 0 spiro atoms. The van der Waals surface area contributed by atoms with Gasteiger partial charge in [-0.2, -0.15) is 0 Å².